The lowest BCUT2D eigenvalue weighted by atomic mass is 9.96. The zero-order valence-corrected chi connectivity index (χ0v) is 18.6. The van der Waals surface area contributed by atoms with Crippen molar-refractivity contribution < 1.29 is 18.7 Å². The molecule has 0 aliphatic carbocycles. The number of fused-ring (bicyclic) bond motifs is 1. The fourth-order valence-electron chi connectivity index (χ4n) is 4.04. The van der Waals surface area contributed by atoms with Gasteiger partial charge >= 0.3 is 11.6 Å². The maximum atomic E-state index is 12.7. The molecule has 0 bridgehead atoms. The summed E-state index contributed by atoms with van der Waals surface area (Å²) >= 11 is 5.89. The van der Waals surface area contributed by atoms with Gasteiger partial charge in [-0.05, 0) is 61.2 Å². The monoisotopic (exact) mass is 453 g/mol. The number of rotatable bonds is 5. The minimum atomic E-state index is -0.415. The lowest BCUT2D eigenvalue weighted by Gasteiger charge is -2.31. The van der Waals surface area contributed by atoms with Gasteiger partial charge in [-0.15, -0.1) is 0 Å². The number of benzene rings is 2. The third-order valence-electron chi connectivity index (χ3n) is 5.75. The largest absolute Gasteiger partial charge is 0.426 e. The number of hydrogen-bond acceptors (Lipinski definition) is 5. The zero-order chi connectivity index (χ0) is 22.7. The van der Waals surface area contributed by atoms with Crippen LogP contribution < -0.4 is 10.4 Å². The molecule has 0 N–H and O–H groups in total. The Hall–Kier alpha value is -3.12. The maximum absolute atomic E-state index is 12.7. The molecule has 0 radical (unpaired) electrons. The minimum Gasteiger partial charge on any atom is -0.426 e. The van der Waals surface area contributed by atoms with Gasteiger partial charge in [-0.1, -0.05) is 24.9 Å². The Kier molecular flexibility index (Phi) is 6.61. The van der Waals surface area contributed by atoms with Crippen molar-refractivity contribution in [2.45, 2.75) is 32.6 Å². The van der Waals surface area contributed by atoms with Crippen LogP contribution in [0.4, 0.5) is 0 Å². The number of halogens is 1. The summed E-state index contributed by atoms with van der Waals surface area (Å²) in [6.45, 7) is 3.01. The Labute approximate surface area is 190 Å². The van der Waals surface area contributed by atoms with Crippen LogP contribution in [0, 0.1) is 5.92 Å². The first-order chi connectivity index (χ1) is 15.4. The van der Waals surface area contributed by atoms with Gasteiger partial charge in [-0.3, -0.25) is 9.59 Å². The lowest BCUT2D eigenvalue weighted by Crippen LogP contribution is -2.41. The van der Waals surface area contributed by atoms with Crippen LogP contribution >= 0.6 is 11.6 Å². The van der Waals surface area contributed by atoms with E-state index >= 15 is 0 Å². The Morgan fingerprint density at radius 2 is 1.81 bits per heavy atom. The molecule has 6 nitrogen and oxygen atoms in total. The summed E-state index contributed by atoms with van der Waals surface area (Å²) in [5.74, 6) is -0.353. The first-order valence-corrected chi connectivity index (χ1v) is 11.2. The van der Waals surface area contributed by atoms with E-state index in [0.29, 0.717) is 47.8 Å². The number of esters is 1. The Morgan fingerprint density at radius 3 is 2.50 bits per heavy atom. The van der Waals surface area contributed by atoms with E-state index < -0.39 is 5.63 Å². The summed E-state index contributed by atoms with van der Waals surface area (Å²) in [5, 5.41) is 1.43. The summed E-state index contributed by atoms with van der Waals surface area (Å²) in [6.07, 6.45) is 2.74. The van der Waals surface area contributed by atoms with Crippen LogP contribution in [0.5, 0.6) is 5.75 Å². The van der Waals surface area contributed by atoms with Crippen molar-refractivity contribution in [2.75, 3.05) is 13.1 Å². The van der Waals surface area contributed by atoms with Crippen LogP contribution in [0.25, 0.3) is 11.0 Å². The van der Waals surface area contributed by atoms with Crippen molar-refractivity contribution in [3.05, 3.63) is 75.1 Å². The second-order valence-corrected chi connectivity index (χ2v) is 8.43. The maximum Gasteiger partial charge on any atom is 0.336 e. The first-order valence-electron chi connectivity index (χ1n) is 10.8. The fraction of sp³-hybridized carbons (Fsp3) is 0.320. The highest BCUT2D eigenvalue weighted by molar-refractivity contribution is 6.30. The van der Waals surface area contributed by atoms with Gasteiger partial charge in [0.15, 0.2) is 0 Å². The molecule has 2 heterocycles. The molecule has 2 aromatic carbocycles. The predicted octanol–water partition coefficient (Wildman–Crippen LogP) is 4.86. The van der Waals surface area contributed by atoms with Crippen LogP contribution in [0.2, 0.25) is 5.02 Å². The molecule has 0 atom stereocenters. The molecule has 7 heteroatoms. The number of aryl methyl sites for hydroxylation is 1. The molecule has 3 aromatic rings. The molecule has 1 amide bonds. The van der Waals surface area contributed by atoms with Crippen LogP contribution in [0.15, 0.2) is 57.7 Å². The Morgan fingerprint density at radius 1 is 1.09 bits per heavy atom. The molecule has 4 rings (SSSR count). The standard InChI is InChI=1S/C25H24ClNO5/c1-2-3-18-14-23(28)32-22-15-20(8-9-21(18)22)31-25(30)17-10-12-27(13-11-17)24(29)16-4-6-19(26)7-5-16/h4-9,14-15,17H,2-3,10-13H2,1H3. The van der Waals surface area contributed by atoms with Crippen molar-refractivity contribution in [1.29, 1.82) is 0 Å². The van der Waals surface area contributed by atoms with Gasteiger partial charge in [0.25, 0.3) is 5.91 Å². The third kappa shape index (κ3) is 4.86. The highest BCUT2D eigenvalue weighted by atomic mass is 35.5. The number of hydrogen-bond donors (Lipinski definition) is 0. The van der Waals surface area contributed by atoms with E-state index in [1.54, 1.807) is 41.3 Å². The number of likely N-dealkylation sites (tertiary alicyclic amines) is 1. The average molecular weight is 454 g/mol. The van der Waals surface area contributed by atoms with E-state index in [0.717, 1.165) is 23.8 Å². The number of carbonyl (C=O) groups is 2. The quantitative estimate of drug-likeness (QED) is 0.313. The Balaban J connectivity index is 1.39. The summed E-state index contributed by atoms with van der Waals surface area (Å²) in [7, 11) is 0. The molecule has 1 aliphatic heterocycles. The highest BCUT2D eigenvalue weighted by Crippen LogP contribution is 2.26. The molecule has 1 aliphatic rings. The van der Waals surface area contributed by atoms with Gasteiger partial charge in [0.1, 0.15) is 11.3 Å². The third-order valence-corrected chi connectivity index (χ3v) is 6.00. The lowest BCUT2D eigenvalue weighted by molar-refractivity contribution is -0.140. The van der Waals surface area contributed by atoms with Gasteiger partial charge in [-0.2, -0.15) is 0 Å². The number of ether oxygens (including phenoxy) is 1. The summed E-state index contributed by atoms with van der Waals surface area (Å²) < 4.78 is 10.9. The zero-order valence-electron chi connectivity index (χ0n) is 17.8. The highest BCUT2D eigenvalue weighted by Gasteiger charge is 2.29. The molecule has 1 saturated heterocycles. The Bertz CT molecular complexity index is 1190. The van der Waals surface area contributed by atoms with Crippen LogP contribution in [0.3, 0.4) is 0 Å². The van der Waals surface area contributed by atoms with Crippen molar-refractivity contribution >= 4 is 34.4 Å². The topological polar surface area (TPSA) is 76.8 Å². The van der Waals surface area contributed by atoms with E-state index in [2.05, 4.69) is 0 Å². The molecule has 166 valence electrons. The molecule has 1 fully saturated rings. The van der Waals surface area contributed by atoms with Crippen LogP contribution in [-0.2, 0) is 11.2 Å². The molecule has 1 aromatic heterocycles. The second kappa shape index (κ2) is 9.57. The second-order valence-electron chi connectivity index (χ2n) is 7.99. The summed E-state index contributed by atoms with van der Waals surface area (Å²) in [4.78, 5) is 38.9. The number of carbonyl (C=O) groups excluding carboxylic acids is 2. The van der Waals surface area contributed by atoms with Crippen LogP contribution in [-0.4, -0.2) is 29.9 Å². The van der Waals surface area contributed by atoms with E-state index in [1.807, 2.05) is 13.0 Å². The van der Waals surface area contributed by atoms with Crippen LogP contribution in [0.1, 0.15) is 42.1 Å². The van der Waals surface area contributed by atoms with Crippen molar-refractivity contribution in [3.63, 3.8) is 0 Å². The molecular formula is C25H24ClNO5. The normalized spacial score (nSPS) is 14.5. The molecular weight excluding hydrogens is 430 g/mol. The van der Waals surface area contributed by atoms with Gasteiger partial charge in [-0.25, -0.2) is 4.79 Å². The first kappa shape index (κ1) is 22.1. The summed E-state index contributed by atoms with van der Waals surface area (Å²) in [5.41, 5.74) is 1.50. The van der Waals surface area contributed by atoms with E-state index in [9.17, 15) is 14.4 Å². The SMILES string of the molecule is CCCc1cc(=O)oc2cc(OC(=O)C3CCN(C(=O)c4ccc(Cl)cc4)CC3)ccc12. The van der Waals surface area contributed by atoms with Crippen molar-refractivity contribution in [1.82, 2.24) is 4.90 Å². The van der Waals surface area contributed by atoms with Gasteiger partial charge < -0.3 is 14.1 Å². The van der Waals surface area contributed by atoms with Crippen molar-refractivity contribution in [2.24, 2.45) is 5.92 Å². The molecule has 32 heavy (non-hydrogen) atoms. The minimum absolute atomic E-state index is 0.0686. The van der Waals surface area contributed by atoms with Crippen molar-refractivity contribution in [3.8, 4) is 5.75 Å². The van der Waals surface area contributed by atoms with E-state index in [-0.39, 0.29) is 17.8 Å². The van der Waals surface area contributed by atoms with E-state index in [4.69, 9.17) is 20.8 Å². The fourth-order valence-corrected chi connectivity index (χ4v) is 4.17. The summed E-state index contributed by atoms with van der Waals surface area (Å²) in [6, 6.07) is 13.4. The van der Waals surface area contributed by atoms with E-state index in [1.165, 1.54) is 6.07 Å². The number of nitrogens with zero attached hydrogens (tertiary/aromatic N) is 1. The van der Waals surface area contributed by atoms with Gasteiger partial charge in [0, 0.05) is 41.2 Å². The van der Waals surface area contributed by atoms with Gasteiger partial charge in [0.05, 0.1) is 5.92 Å². The van der Waals surface area contributed by atoms with Gasteiger partial charge in [0.2, 0.25) is 0 Å². The molecule has 0 unspecified atom stereocenters. The average Bonchev–Trinajstić information content (AvgIpc) is 2.79. The molecule has 0 spiro atoms. The number of amides is 1. The predicted molar refractivity (Wildman–Crippen MR) is 122 cm³/mol. The smallest absolute Gasteiger partial charge is 0.336 e. The number of piperidine rings is 1. The molecule has 0 saturated carbocycles.